The number of anilines is 2. The third kappa shape index (κ3) is 3.05. The molecule has 3 aromatic rings. The highest BCUT2D eigenvalue weighted by Gasteiger charge is 2.30. The summed E-state index contributed by atoms with van der Waals surface area (Å²) in [5.41, 5.74) is 2.65. The van der Waals surface area contributed by atoms with E-state index in [1.165, 1.54) is 6.26 Å². The van der Waals surface area contributed by atoms with E-state index in [-0.39, 0.29) is 11.6 Å². The Bertz CT molecular complexity index is 1020. The van der Waals surface area contributed by atoms with Crippen molar-refractivity contribution in [2.75, 3.05) is 23.3 Å². The number of rotatable bonds is 4. The minimum atomic E-state index is -0.274. The van der Waals surface area contributed by atoms with Gasteiger partial charge in [0.1, 0.15) is 6.26 Å². The summed E-state index contributed by atoms with van der Waals surface area (Å²) in [5, 5.41) is 8.27. The van der Waals surface area contributed by atoms with Crippen LogP contribution in [0.1, 0.15) is 48.3 Å². The van der Waals surface area contributed by atoms with E-state index < -0.39 is 0 Å². The third-order valence-electron chi connectivity index (χ3n) is 5.27. The van der Waals surface area contributed by atoms with E-state index in [9.17, 15) is 4.79 Å². The fourth-order valence-corrected chi connectivity index (χ4v) is 3.66. The molecule has 8 heteroatoms. The highest BCUT2D eigenvalue weighted by molar-refractivity contribution is 6.04. The zero-order chi connectivity index (χ0) is 18.5. The molecule has 0 bridgehead atoms. The number of carbonyl (C=O) groups excluding carboxylic acids is 1. The summed E-state index contributed by atoms with van der Waals surface area (Å²) in [7, 11) is 1.87. The number of hydrogen-bond donors (Lipinski definition) is 1. The van der Waals surface area contributed by atoms with E-state index in [1.54, 1.807) is 4.68 Å². The summed E-state index contributed by atoms with van der Waals surface area (Å²) < 4.78 is 7.28. The van der Waals surface area contributed by atoms with Gasteiger partial charge in [0.05, 0.1) is 11.4 Å². The van der Waals surface area contributed by atoms with Crippen molar-refractivity contribution in [3.05, 3.63) is 29.9 Å². The fourth-order valence-electron chi connectivity index (χ4n) is 3.66. The van der Waals surface area contributed by atoms with Crippen LogP contribution in [0, 0.1) is 5.92 Å². The highest BCUT2D eigenvalue weighted by atomic mass is 16.4. The lowest BCUT2D eigenvalue weighted by molar-refractivity contribution is 0.102. The largest absolute Gasteiger partial charge is 0.431 e. The van der Waals surface area contributed by atoms with Crippen LogP contribution in [0.25, 0.3) is 11.0 Å². The van der Waals surface area contributed by atoms with E-state index in [1.807, 2.05) is 19.3 Å². The first-order valence-corrected chi connectivity index (χ1v) is 9.43. The van der Waals surface area contributed by atoms with Crippen molar-refractivity contribution in [2.24, 2.45) is 13.0 Å². The molecule has 8 nitrogen and oxygen atoms in total. The van der Waals surface area contributed by atoms with E-state index in [0.717, 1.165) is 49.1 Å². The zero-order valence-electron chi connectivity index (χ0n) is 15.5. The molecule has 0 unspecified atom stereocenters. The molecule has 0 aromatic carbocycles. The van der Waals surface area contributed by atoms with Crippen LogP contribution >= 0.6 is 0 Å². The lowest BCUT2D eigenvalue weighted by Crippen LogP contribution is -2.20. The lowest BCUT2D eigenvalue weighted by Gasteiger charge is -2.11. The van der Waals surface area contributed by atoms with Crippen LogP contribution in [0.15, 0.2) is 22.9 Å². The van der Waals surface area contributed by atoms with Gasteiger partial charge in [-0.15, -0.1) is 0 Å². The first kappa shape index (κ1) is 16.3. The molecule has 27 heavy (non-hydrogen) atoms. The summed E-state index contributed by atoms with van der Waals surface area (Å²) in [5.74, 6) is 0.738. The van der Waals surface area contributed by atoms with Crippen LogP contribution < -0.4 is 10.2 Å². The Labute approximate surface area is 156 Å². The molecule has 2 aliphatic rings. The topological polar surface area (TPSA) is 89.1 Å². The van der Waals surface area contributed by atoms with E-state index >= 15 is 0 Å². The summed E-state index contributed by atoms with van der Waals surface area (Å²) >= 11 is 0. The van der Waals surface area contributed by atoms with Crippen LogP contribution in [0.4, 0.5) is 11.7 Å². The second kappa shape index (κ2) is 6.07. The average molecular weight is 366 g/mol. The van der Waals surface area contributed by atoms with Gasteiger partial charge in [-0.1, -0.05) is 6.92 Å². The maximum absolute atomic E-state index is 12.7. The van der Waals surface area contributed by atoms with Gasteiger partial charge < -0.3 is 14.6 Å². The molecular weight excluding hydrogens is 344 g/mol. The van der Waals surface area contributed by atoms with E-state index in [2.05, 4.69) is 32.2 Å². The van der Waals surface area contributed by atoms with Crippen LogP contribution in [0.2, 0.25) is 0 Å². The van der Waals surface area contributed by atoms with Gasteiger partial charge in [0.25, 0.3) is 11.9 Å². The molecule has 0 radical (unpaired) electrons. The molecule has 3 aromatic heterocycles. The first-order chi connectivity index (χ1) is 13.1. The van der Waals surface area contributed by atoms with Gasteiger partial charge in [-0.2, -0.15) is 10.1 Å². The van der Waals surface area contributed by atoms with E-state index in [0.29, 0.717) is 23.5 Å². The number of nitrogens with zero attached hydrogens (tertiary/aromatic N) is 5. The van der Waals surface area contributed by atoms with Crippen molar-refractivity contribution in [3.8, 4) is 0 Å². The molecule has 1 saturated heterocycles. The minimum Gasteiger partial charge on any atom is -0.431 e. The summed E-state index contributed by atoms with van der Waals surface area (Å²) in [6.45, 7) is 4.03. The molecule has 1 amide bonds. The Balaban J connectivity index is 1.40. The molecule has 140 valence electrons. The Morgan fingerprint density at radius 1 is 1.30 bits per heavy atom. The molecule has 2 fully saturated rings. The van der Waals surface area contributed by atoms with Gasteiger partial charge in [-0.25, -0.2) is 4.98 Å². The number of carbonyl (C=O) groups is 1. The monoisotopic (exact) mass is 366 g/mol. The SMILES string of the molecule is C[C@H]1CCN(c2nc(C(=O)Nc3cc4cn(C)nc4nc3C3CC3)co2)C1. The number of hydrogen-bond acceptors (Lipinski definition) is 6. The van der Waals surface area contributed by atoms with Crippen molar-refractivity contribution in [1.29, 1.82) is 0 Å². The maximum atomic E-state index is 12.7. The predicted octanol–water partition coefficient (Wildman–Crippen LogP) is 2.93. The Morgan fingerprint density at radius 2 is 2.15 bits per heavy atom. The second-order valence-corrected chi connectivity index (χ2v) is 7.72. The van der Waals surface area contributed by atoms with Crippen molar-refractivity contribution < 1.29 is 9.21 Å². The number of aryl methyl sites for hydroxylation is 1. The maximum Gasteiger partial charge on any atom is 0.297 e. The number of amides is 1. The van der Waals surface area contributed by atoms with Crippen LogP contribution in [0.5, 0.6) is 0 Å². The van der Waals surface area contributed by atoms with Gasteiger partial charge in [0, 0.05) is 37.6 Å². The molecule has 1 aliphatic heterocycles. The molecule has 4 heterocycles. The lowest BCUT2D eigenvalue weighted by atomic mass is 10.2. The Hall–Kier alpha value is -2.90. The summed E-state index contributed by atoms with van der Waals surface area (Å²) in [4.78, 5) is 23.9. The van der Waals surface area contributed by atoms with Gasteiger partial charge in [0.2, 0.25) is 0 Å². The predicted molar refractivity (Wildman–Crippen MR) is 101 cm³/mol. The van der Waals surface area contributed by atoms with Gasteiger partial charge >= 0.3 is 0 Å². The molecular formula is C19H22N6O2. The molecule has 1 atom stereocenters. The normalized spacial score (nSPS) is 19.8. The van der Waals surface area contributed by atoms with Gasteiger partial charge in [-0.05, 0) is 31.2 Å². The zero-order valence-corrected chi connectivity index (χ0v) is 15.5. The van der Waals surface area contributed by atoms with Crippen molar-refractivity contribution in [1.82, 2.24) is 19.7 Å². The average Bonchev–Trinajstić information content (AvgIpc) is 3.03. The third-order valence-corrected chi connectivity index (χ3v) is 5.27. The molecule has 1 N–H and O–H groups in total. The summed E-state index contributed by atoms with van der Waals surface area (Å²) in [6.07, 6.45) is 6.63. The molecule has 1 aliphatic carbocycles. The number of pyridine rings is 1. The van der Waals surface area contributed by atoms with E-state index in [4.69, 9.17) is 4.42 Å². The van der Waals surface area contributed by atoms with Crippen LogP contribution in [-0.2, 0) is 7.05 Å². The molecule has 0 spiro atoms. The molecule has 1 saturated carbocycles. The minimum absolute atomic E-state index is 0.274. The smallest absolute Gasteiger partial charge is 0.297 e. The Kier molecular flexibility index (Phi) is 3.66. The second-order valence-electron chi connectivity index (χ2n) is 7.72. The van der Waals surface area contributed by atoms with Crippen LogP contribution in [-0.4, -0.2) is 38.7 Å². The number of aromatic nitrogens is 4. The first-order valence-electron chi connectivity index (χ1n) is 9.43. The summed E-state index contributed by atoms with van der Waals surface area (Å²) in [6, 6.07) is 2.47. The standard InChI is InChI=1S/C19H22N6O2/c1-11-5-6-25(8-11)19-21-15(10-27-19)18(26)20-14-7-13-9-24(2)23-17(13)22-16(14)12-3-4-12/h7,9-12H,3-6,8H2,1-2H3,(H,20,26)/t11-/m0/s1. The quantitative estimate of drug-likeness (QED) is 0.764. The number of nitrogens with one attached hydrogen (secondary N) is 1. The van der Waals surface area contributed by atoms with Crippen molar-refractivity contribution in [3.63, 3.8) is 0 Å². The molecule has 5 rings (SSSR count). The number of oxazole rings is 1. The van der Waals surface area contributed by atoms with Gasteiger partial charge in [-0.3, -0.25) is 9.48 Å². The van der Waals surface area contributed by atoms with Crippen molar-refractivity contribution >= 4 is 28.6 Å². The van der Waals surface area contributed by atoms with Crippen LogP contribution in [0.3, 0.4) is 0 Å². The van der Waals surface area contributed by atoms with Gasteiger partial charge in [0.15, 0.2) is 11.3 Å². The van der Waals surface area contributed by atoms with Crippen molar-refractivity contribution in [2.45, 2.75) is 32.1 Å². The fraction of sp³-hybridized carbons (Fsp3) is 0.474. The Morgan fingerprint density at radius 3 is 2.89 bits per heavy atom. The highest BCUT2D eigenvalue weighted by Crippen LogP contribution is 2.43. The number of fused-ring (bicyclic) bond motifs is 1.